The fourth-order valence-corrected chi connectivity index (χ4v) is 20.5. The average molecular weight is 1370 g/mol. The van der Waals surface area contributed by atoms with Crippen molar-refractivity contribution in [2.45, 2.75) is 142 Å². The van der Waals surface area contributed by atoms with Crippen LogP contribution in [-0.4, -0.2) is 20.4 Å². The molecule has 3 aromatic heterocycles. The highest BCUT2D eigenvalue weighted by atomic mass is 15.2. The normalized spacial score (nSPS) is 16.0. The van der Waals surface area contributed by atoms with E-state index in [-0.39, 0.29) is 39.2 Å². The fourth-order valence-electron chi connectivity index (χ4n) is 20.5. The maximum atomic E-state index is 2.64. The number of aromatic nitrogens is 3. The molecule has 0 radical (unpaired) electrons. The van der Waals surface area contributed by atoms with E-state index in [1.54, 1.807) is 0 Å². The van der Waals surface area contributed by atoms with Crippen molar-refractivity contribution in [2.75, 3.05) is 9.80 Å². The summed E-state index contributed by atoms with van der Waals surface area (Å²) >= 11 is 0. The molecule has 0 saturated carbocycles. The van der Waals surface area contributed by atoms with Gasteiger partial charge in [-0.05, 0) is 227 Å². The summed E-state index contributed by atoms with van der Waals surface area (Å²) in [6.07, 6.45) is 2.25. The van der Waals surface area contributed by atoms with Gasteiger partial charge in [-0.3, -0.25) is 0 Å². The van der Waals surface area contributed by atoms with Gasteiger partial charge in [0.15, 0.2) is 0 Å². The SMILES string of the molecule is CC(C)(C)c1ccc2c(c1)c1cc(C(C)(C)C)ccc1n2-c1cc2c3c(c1)N(c1ccc(-c4ccc5c(c4)C(C)(C)CC5(C)C)cc1)c1cc(-n4c5ccccc5c5ccccc54)ccc1B3c1ccc(-n3c4ccccc4c4ccccc43)cc1N2c1ccc(-c2ccc3c(c2)C(C)(C)CC3(C)C)cc1. The van der Waals surface area contributed by atoms with Crippen molar-refractivity contribution in [2.24, 2.45) is 0 Å². The van der Waals surface area contributed by atoms with Gasteiger partial charge in [0.2, 0.25) is 0 Å². The van der Waals surface area contributed by atoms with Gasteiger partial charge in [0.1, 0.15) is 0 Å². The molecule has 5 heterocycles. The molecule has 2 aliphatic heterocycles. The zero-order valence-corrected chi connectivity index (χ0v) is 63.6. The first kappa shape index (κ1) is 64.5. The molecule has 4 aliphatic rings. The monoisotopic (exact) mass is 1370 g/mol. The number of rotatable bonds is 7. The lowest BCUT2D eigenvalue weighted by Crippen LogP contribution is -2.61. The molecular weight excluding hydrogens is 1280 g/mol. The quantitative estimate of drug-likeness (QED) is 0.148. The standard InChI is InChI=1S/C100H90BN5/c1-95(2,3)65-37-49-88-76(53-65)77-54-66(96(4,5)6)38-50-89(77)106(88)71-57-92-94-93(58-71)103(68-41-33-62(34-42-68)64-36-46-79-81(52-64)100(13,14)60-98(79,9)10)91-56-70(105-86-29-21-17-25-74(86)75-26-18-22-30-87(75)105)44-48-83(91)101(94)82-47-43-69(104-84-27-19-15-23-72(84)73-24-16-20-28-85(73)104)55-90(82)102(92)67-39-31-61(32-40-67)63-35-45-78-80(51-63)99(11,12)59-97(78,7)8/h15-58H,59-60H2,1-14H3. The smallest absolute Gasteiger partial charge is 0.252 e. The van der Waals surface area contributed by atoms with Crippen LogP contribution in [0.3, 0.4) is 0 Å². The maximum Gasteiger partial charge on any atom is 0.252 e. The number of benzene rings is 13. The third kappa shape index (κ3) is 9.54. The van der Waals surface area contributed by atoms with Crippen molar-refractivity contribution in [3.8, 4) is 39.3 Å². The Labute approximate surface area is 624 Å². The van der Waals surface area contributed by atoms with Crippen molar-refractivity contribution >= 4 is 123 Å². The minimum absolute atomic E-state index is 0.0687. The summed E-state index contributed by atoms with van der Waals surface area (Å²) in [6.45, 7) is 33.2. The molecule has 0 saturated heterocycles. The first-order valence-corrected chi connectivity index (χ1v) is 38.4. The lowest BCUT2D eigenvalue weighted by molar-refractivity contribution is 0.402. The van der Waals surface area contributed by atoms with E-state index < -0.39 is 0 Å². The summed E-state index contributed by atoms with van der Waals surface area (Å²) in [5.74, 6) is 0. The number of hydrogen-bond donors (Lipinski definition) is 0. The van der Waals surface area contributed by atoms with Crippen LogP contribution in [0.2, 0.25) is 0 Å². The molecule has 6 heteroatoms. The Morgan fingerprint density at radius 3 is 0.943 bits per heavy atom. The van der Waals surface area contributed by atoms with Crippen molar-refractivity contribution < 1.29 is 0 Å². The van der Waals surface area contributed by atoms with E-state index in [0.717, 1.165) is 64.0 Å². The topological polar surface area (TPSA) is 21.3 Å². The van der Waals surface area contributed by atoms with Crippen molar-refractivity contribution in [1.82, 2.24) is 13.7 Å². The zero-order chi connectivity index (χ0) is 72.6. The van der Waals surface area contributed by atoms with Crippen molar-refractivity contribution in [3.63, 3.8) is 0 Å². The van der Waals surface area contributed by atoms with Crippen molar-refractivity contribution in [3.05, 3.63) is 300 Å². The lowest BCUT2D eigenvalue weighted by atomic mass is 9.33. The highest BCUT2D eigenvalue weighted by Crippen LogP contribution is 2.54. The molecule has 106 heavy (non-hydrogen) atoms. The van der Waals surface area contributed by atoms with Crippen LogP contribution in [0.1, 0.15) is 143 Å². The predicted molar refractivity (Wildman–Crippen MR) is 453 cm³/mol. The van der Waals surface area contributed by atoms with Crippen LogP contribution in [0.25, 0.3) is 105 Å². The molecule has 2 aliphatic carbocycles. The van der Waals surface area contributed by atoms with Gasteiger partial charge in [-0.25, -0.2) is 0 Å². The number of para-hydroxylation sites is 4. The van der Waals surface area contributed by atoms with Gasteiger partial charge < -0.3 is 23.5 Å². The second kappa shape index (κ2) is 22.2. The molecule has 0 N–H and O–H groups in total. The van der Waals surface area contributed by atoms with Crippen LogP contribution in [0.5, 0.6) is 0 Å². The molecule has 0 fully saturated rings. The van der Waals surface area contributed by atoms with Crippen LogP contribution in [0.15, 0.2) is 267 Å². The Kier molecular flexibility index (Phi) is 13.5. The van der Waals surface area contributed by atoms with E-state index >= 15 is 0 Å². The largest absolute Gasteiger partial charge is 0.311 e. The molecular formula is C100H90BN5. The van der Waals surface area contributed by atoms with Crippen LogP contribution in [-0.2, 0) is 32.5 Å². The Morgan fingerprint density at radius 2 is 0.575 bits per heavy atom. The third-order valence-corrected chi connectivity index (χ3v) is 25.1. The van der Waals surface area contributed by atoms with Gasteiger partial charge in [0.05, 0.1) is 38.8 Å². The second-order valence-corrected chi connectivity index (χ2v) is 36.0. The minimum Gasteiger partial charge on any atom is -0.311 e. The van der Waals surface area contributed by atoms with Gasteiger partial charge in [-0.15, -0.1) is 0 Å². The molecule has 13 aromatic carbocycles. The number of fused-ring (bicyclic) bond motifs is 15. The average Bonchev–Trinajstić information content (AvgIpc) is 0.719. The lowest BCUT2D eigenvalue weighted by Gasteiger charge is -2.44. The molecule has 0 atom stereocenters. The van der Waals surface area contributed by atoms with E-state index in [1.165, 1.54) is 137 Å². The summed E-state index contributed by atoms with van der Waals surface area (Å²) in [7, 11) is 0. The van der Waals surface area contributed by atoms with Gasteiger partial charge in [-0.1, -0.05) is 255 Å². The summed E-state index contributed by atoms with van der Waals surface area (Å²) in [6, 6.07) is 104. The van der Waals surface area contributed by atoms with E-state index in [9.17, 15) is 0 Å². The first-order valence-electron chi connectivity index (χ1n) is 38.4. The molecule has 5 nitrogen and oxygen atoms in total. The van der Waals surface area contributed by atoms with Crippen LogP contribution in [0, 0.1) is 0 Å². The fraction of sp³-hybridized carbons (Fsp3) is 0.220. The summed E-state index contributed by atoms with van der Waals surface area (Å²) < 4.78 is 7.59. The number of hydrogen-bond acceptors (Lipinski definition) is 2. The van der Waals surface area contributed by atoms with E-state index in [0.29, 0.717) is 0 Å². The Bertz CT molecular complexity index is 5940. The maximum absolute atomic E-state index is 2.64. The highest BCUT2D eigenvalue weighted by molar-refractivity contribution is 7.00. The van der Waals surface area contributed by atoms with Crippen LogP contribution < -0.4 is 26.2 Å². The summed E-state index contributed by atoms with van der Waals surface area (Å²) in [4.78, 5) is 5.28. The first-order chi connectivity index (χ1) is 50.8. The van der Waals surface area contributed by atoms with Gasteiger partial charge in [0.25, 0.3) is 6.71 Å². The highest BCUT2D eigenvalue weighted by Gasteiger charge is 2.47. The Hall–Kier alpha value is -11.1. The van der Waals surface area contributed by atoms with Gasteiger partial charge in [-0.2, -0.15) is 0 Å². The van der Waals surface area contributed by atoms with Gasteiger partial charge >= 0.3 is 0 Å². The second-order valence-electron chi connectivity index (χ2n) is 36.0. The number of nitrogens with zero attached hydrogens (tertiary/aromatic N) is 5. The molecule has 16 aromatic rings. The summed E-state index contributed by atoms with van der Waals surface area (Å²) in [5, 5.41) is 7.49. The molecule has 0 bridgehead atoms. The molecule has 0 spiro atoms. The Morgan fingerprint density at radius 1 is 0.264 bits per heavy atom. The van der Waals surface area contributed by atoms with E-state index in [4.69, 9.17) is 0 Å². The predicted octanol–water partition coefficient (Wildman–Crippen LogP) is 24.9. The van der Waals surface area contributed by atoms with Crippen LogP contribution >= 0.6 is 0 Å². The van der Waals surface area contributed by atoms with E-state index in [2.05, 4.69) is 387 Å². The zero-order valence-electron chi connectivity index (χ0n) is 63.6. The van der Waals surface area contributed by atoms with E-state index in [1.807, 2.05) is 0 Å². The summed E-state index contributed by atoms with van der Waals surface area (Å²) in [5.41, 5.74) is 34.6. The van der Waals surface area contributed by atoms with Crippen molar-refractivity contribution in [1.29, 1.82) is 0 Å². The Balaban J connectivity index is 0.891. The van der Waals surface area contributed by atoms with Gasteiger partial charge in [0, 0.05) is 77.8 Å². The molecule has 20 rings (SSSR count). The molecule has 0 unspecified atom stereocenters. The minimum atomic E-state index is -0.186. The molecule has 0 amide bonds. The van der Waals surface area contributed by atoms with Crippen LogP contribution in [0.4, 0.5) is 34.1 Å². The molecule has 518 valence electrons. The third-order valence-electron chi connectivity index (χ3n) is 25.1. The number of anilines is 6.